The molecular formula is C45H74O12. The molecule has 2 fully saturated rings. The smallest absolute Gasteiger partial charge is 0.330 e. The van der Waals surface area contributed by atoms with Crippen molar-refractivity contribution in [3.8, 4) is 0 Å². The number of fused-ring (bicyclic) bond motifs is 2. The largest absolute Gasteiger partial charge is 0.458 e. The molecule has 0 aliphatic carbocycles. The molecule has 3 heterocycles. The van der Waals surface area contributed by atoms with Gasteiger partial charge < -0.3 is 44.8 Å². The van der Waals surface area contributed by atoms with E-state index in [-0.39, 0.29) is 30.3 Å². The van der Waals surface area contributed by atoms with E-state index in [4.69, 9.17) is 14.2 Å². The molecule has 2 saturated heterocycles. The van der Waals surface area contributed by atoms with Gasteiger partial charge in [-0.15, -0.1) is 0 Å². The van der Waals surface area contributed by atoms with Crippen LogP contribution in [0.1, 0.15) is 115 Å². The van der Waals surface area contributed by atoms with Crippen LogP contribution in [0.4, 0.5) is 0 Å². The molecule has 0 aromatic rings. The van der Waals surface area contributed by atoms with Crippen molar-refractivity contribution in [1.82, 2.24) is 0 Å². The molecule has 0 amide bonds. The number of aliphatic hydroxyl groups excluding tert-OH is 5. The van der Waals surface area contributed by atoms with E-state index in [0.717, 1.165) is 6.42 Å². The van der Waals surface area contributed by atoms with Crippen molar-refractivity contribution in [3.05, 3.63) is 36.5 Å². The number of esters is 1. The van der Waals surface area contributed by atoms with Gasteiger partial charge in [-0.3, -0.25) is 9.59 Å². The third-order valence-corrected chi connectivity index (χ3v) is 13.5. The summed E-state index contributed by atoms with van der Waals surface area (Å²) in [4.78, 5) is 40.6. The van der Waals surface area contributed by atoms with E-state index in [0.29, 0.717) is 25.7 Å². The second-order valence-corrected chi connectivity index (χ2v) is 18.1. The lowest BCUT2D eigenvalue weighted by molar-refractivity contribution is -0.372. The number of aliphatic hydroxyl groups is 6. The fraction of sp³-hybridized carbons (Fsp3) is 0.800. The van der Waals surface area contributed by atoms with Crippen molar-refractivity contribution in [2.75, 3.05) is 0 Å². The molecule has 12 nitrogen and oxygen atoms in total. The highest BCUT2D eigenvalue weighted by Crippen LogP contribution is 2.49. The standard InChI is InChI=1S/C45H74O12/c1-12-33-17-15-13-14-16-26(4)42(52)44(11,54)43(53)31(9)40(51)30(8)39(50)29(7)38(49)25(3)18-19-37(48)55-41-28(6)36(23-34(33)47)57-45(32(41)10)21-20-24(2)35(56-45)22-27(5)46/h13-15,17-19,24-36,38,40-42,46-47,49,51-52,54H,12,16,20-23H2,1-11H3/b14-13-,17-15+,19-18+/t24-,25-,26+,27+,28+,29-,30-,31-,32-,33-,34?,35-,36-,38+,40+,41+,42-,44-,45+/m1/s1. The molecule has 3 aliphatic rings. The van der Waals surface area contributed by atoms with Crippen molar-refractivity contribution >= 4 is 17.5 Å². The maximum absolute atomic E-state index is 13.5. The summed E-state index contributed by atoms with van der Waals surface area (Å²) in [6.45, 7) is 18.6. The van der Waals surface area contributed by atoms with Crippen molar-refractivity contribution in [3.63, 3.8) is 0 Å². The molecule has 0 aromatic heterocycles. The Hall–Kier alpha value is -2.29. The zero-order chi connectivity index (χ0) is 43.2. The number of Topliss-reactive ketones (excluding diaryl/α,β-unsaturated/α-hetero) is 2. The lowest BCUT2D eigenvalue weighted by Gasteiger charge is -2.55. The molecule has 0 saturated carbocycles. The van der Waals surface area contributed by atoms with Crippen molar-refractivity contribution in [2.45, 2.75) is 175 Å². The monoisotopic (exact) mass is 807 g/mol. The first-order chi connectivity index (χ1) is 26.5. The lowest BCUT2D eigenvalue weighted by atomic mass is 9.74. The van der Waals surface area contributed by atoms with Crippen LogP contribution in [0.5, 0.6) is 0 Å². The zero-order valence-electron chi connectivity index (χ0n) is 36.2. The molecule has 3 rings (SSSR count). The fourth-order valence-electron chi connectivity index (χ4n) is 9.07. The maximum Gasteiger partial charge on any atom is 0.330 e. The summed E-state index contributed by atoms with van der Waals surface area (Å²) in [5.74, 6) is -8.49. The summed E-state index contributed by atoms with van der Waals surface area (Å²) in [6.07, 6.45) is 5.74. The highest BCUT2D eigenvalue weighted by Gasteiger charge is 2.56. The lowest BCUT2D eigenvalue weighted by Crippen LogP contribution is -2.62. The van der Waals surface area contributed by atoms with Crippen LogP contribution in [0.25, 0.3) is 0 Å². The Bertz CT molecular complexity index is 1420. The van der Waals surface area contributed by atoms with E-state index in [2.05, 4.69) is 6.92 Å². The number of hydrogen-bond donors (Lipinski definition) is 6. The molecule has 1 spiro atoms. The fourth-order valence-corrected chi connectivity index (χ4v) is 9.07. The van der Waals surface area contributed by atoms with E-state index in [1.807, 2.05) is 32.9 Å². The molecule has 2 bridgehead atoms. The van der Waals surface area contributed by atoms with E-state index in [9.17, 15) is 45.0 Å². The van der Waals surface area contributed by atoms with Crippen molar-refractivity contribution in [2.24, 2.45) is 53.3 Å². The zero-order valence-corrected chi connectivity index (χ0v) is 36.2. The van der Waals surface area contributed by atoms with Gasteiger partial charge >= 0.3 is 5.97 Å². The Morgan fingerprint density at radius 2 is 1.49 bits per heavy atom. The molecular weight excluding hydrogens is 732 g/mol. The third-order valence-electron chi connectivity index (χ3n) is 13.5. The van der Waals surface area contributed by atoms with Crippen LogP contribution >= 0.6 is 0 Å². The summed E-state index contributed by atoms with van der Waals surface area (Å²) in [5.41, 5.74) is -2.22. The first kappa shape index (κ1) is 49.1. The Labute approximate surface area is 340 Å². The number of carbonyl (C=O) groups is 3. The summed E-state index contributed by atoms with van der Waals surface area (Å²) < 4.78 is 19.8. The average Bonchev–Trinajstić information content (AvgIpc) is 3.17. The minimum absolute atomic E-state index is 0.164. The number of ketones is 2. The Balaban J connectivity index is 2.02. The molecule has 19 atom stereocenters. The van der Waals surface area contributed by atoms with Crippen LogP contribution in [0.2, 0.25) is 0 Å². The first-order valence-electron chi connectivity index (χ1n) is 21.3. The summed E-state index contributed by atoms with van der Waals surface area (Å²) >= 11 is 0. The second kappa shape index (κ2) is 20.8. The number of rotatable bonds is 3. The minimum atomic E-state index is -2.22. The number of ether oxygens (including phenoxy) is 3. The third kappa shape index (κ3) is 11.7. The number of allylic oxidation sites excluding steroid dienone is 3. The Morgan fingerprint density at radius 1 is 0.860 bits per heavy atom. The molecule has 12 heteroatoms. The van der Waals surface area contributed by atoms with Gasteiger partial charge in [0.2, 0.25) is 0 Å². The first-order valence-corrected chi connectivity index (χ1v) is 21.3. The molecule has 0 radical (unpaired) electrons. The predicted octanol–water partition coefficient (Wildman–Crippen LogP) is 4.85. The quantitative estimate of drug-likeness (QED) is 0.212. The van der Waals surface area contributed by atoms with Crippen LogP contribution in [0.3, 0.4) is 0 Å². The van der Waals surface area contributed by atoms with Gasteiger partial charge in [-0.05, 0) is 51.4 Å². The minimum Gasteiger partial charge on any atom is -0.458 e. The van der Waals surface area contributed by atoms with Gasteiger partial charge in [0.25, 0.3) is 0 Å². The second-order valence-electron chi connectivity index (χ2n) is 18.1. The average molecular weight is 807 g/mol. The highest BCUT2D eigenvalue weighted by atomic mass is 16.7. The topological polar surface area (TPSA) is 200 Å². The normalized spacial score (nSPS) is 47.5. The molecule has 6 N–H and O–H groups in total. The molecule has 0 aromatic carbocycles. The summed E-state index contributed by atoms with van der Waals surface area (Å²) in [6, 6.07) is 0. The van der Waals surface area contributed by atoms with Crippen molar-refractivity contribution < 1.29 is 59.2 Å². The van der Waals surface area contributed by atoms with E-state index >= 15 is 0 Å². The van der Waals surface area contributed by atoms with Crippen LogP contribution in [0, 0.1) is 53.3 Å². The molecule has 1 unspecified atom stereocenters. The Kier molecular flexibility index (Phi) is 17.9. The van der Waals surface area contributed by atoms with E-state index in [1.54, 1.807) is 32.9 Å². The van der Waals surface area contributed by atoms with Gasteiger partial charge in [0.05, 0.1) is 42.7 Å². The van der Waals surface area contributed by atoms with Gasteiger partial charge in [-0.1, -0.05) is 92.7 Å². The van der Waals surface area contributed by atoms with Crippen LogP contribution < -0.4 is 0 Å². The van der Waals surface area contributed by atoms with Gasteiger partial charge in [0.1, 0.15) is 17.5 Å². The van der Waals surface area contributed by atoms with Gasteiger partial charge in [-0.25, -0.2) is 4.79 Å². The number of carbonyl (C=O) groups excluding carboxylic acids is 3. The highest BCUT2D eigenvalue weighted by molar-refractivity contribution is 5.91. The van der Waals surface area contributed by atoms with E-state index in [1.165, 1.54) is 39.8 Å². The predicted molar refractivity (Wildman–Crippen MR) is 216 cm³/mol. The van der Waals surface area contributed by atoms with E-state index < -0.39 is 107 Å². The van der Waals surface area contributed by atoms with Gasteiger partial charge in [0, 0.05) is 60.3 Å². The van der Waals surface area contributed by atoms with Gasteiger partial charge in [0.15, 0.2) is 11.6 Å². The molecule has 326 valence electrons. The SMILES string of the molecule is CC[C@@H]1/C=C/C=C\C[C@H](C)[C@@H](O)[C@@](C)(O)C(=O)[C@H](C)[C@@H](O)[C@H](C)C(=O)[C@H](C)[C@@H](O)[C@H](C)/C=C/C(=O)O[C@H]2[C@@H](C)[C@@H](CC1O)O[C@@]1(CC[C@@H](C)[C@@H](C[C@H](C)O)O1)[C@@H]2C. The van der Waals surface area contributed by atoms with Crippen molar-refractivity contribution in [1.29, 1.82) is 0 Å². The maximum atomic E-state index is 13.5. The van der Waals surface area contributed by atoms with Crippen LogP contribution in [-0.4, -0.2) is 108 Å². The van der Waals surface area contributed by atoms with Gasteiger partial charge in [-0.2, -0.15) is 0 Å². The molecule has 57 heavy (non-hydrogen) atoms. The van der Waals surface area contributed by atoms with Crippen LogP contribution in [0.15, 0.2) is 36.5 Å². The van der Waals surface area contributed by atoms with Crippen LogP contribution in [-0.2, 0) is 28.6 Å². The Morgan fingerprint density at radius 3 is 2.11 bits per heavy atom. The summed E-state index contributed by atoms with van der Waals surface area (Å²) in [7, 11) is 0. The number of hydrogen-bond acceptors (Lipinski definition) is 12. The summed E-state index contributed by atoms with van der Waals surface area (Å²) in [5, 5.41) is 66.7. The molecule has 3 aliphatic heterocycles.